The maximum absolute atomic E-state index is 11.1. The molecule has 4 nitrogen and oxygen atoms in total. The Morgan fingerprint density at radius 3 is 2.92 bits per heavy atom. The molecule has 0 saturated carbocycles. The van der Waals surface area contributed by atoms with Crippen molar-refractivity contribution in [2.45, 2.75) is 32.4 Å². The Morgan fingerprint density at radius 2 is 2.42 bits per heavy atom. The number of carbonyl (C=O) groups is 1. The zero-order chi connectivity index (χ0) is 9.14. The maximum atomic E-state index is 11.1. The van der Waals surface area contributed by atoms with Gasteiger partial charge in [-0.1, -0.05) is 0 Å². The molecule has 0 aromatic rings. The van der Waals surface area contributed by atoms with E-state index in [4.69, 9.17) is 9.84 Å². The number of nitrogens with zero attached hydrogens (tertiary/aromatic N) is 1. The molecule has 70 valence electrons. The van der Waals surface area contributed by atoms with Crippen molar-refractivity contribution in [3.63, 3.8) is 0 Å². The van der Waals surface area contributed by atoms with Crippen molar-refractivity contribution in [3.05, 3.63) is 0 Å². The van der Waals surface area contributed by atoms with E-state index in [0.29, 0.717) is 13.0 Å². The molecule has 1 aliphatic heterocycles. The number of rotatable bonds is 3. The monoisotopic (exact) mass is 173 g/mol. The van der Waals surface area contributed by atoms with Gasteiger partial charge in [-0.25, -0.2) is 4.79 Å². The summed E-state index contributed by atoms with van der Waals surface area (Å²) < 4.78 is 4.87. The minimum atomic E-state index is -0.261. The first-order chi connectivity index (χ1) is 5.66. The molecule has 1 saturated heterocycles. The number of cyclic esters (lactones) is 1. The summed E-state index contributed by atoms with van der Waals surface area (Å²) in [7, 11) is 0. The molecule has 1 atom stereocenters. The molecule has 1 fully saturated rings. The molecule has 0 radical (unpaired) electrons. The Morgan fingerprint density at radius 1 is 1.75 bits per heavy atom. The summed E-state index contributed by atoms with van der Waals surface area (Å²) >= 11 is 0. The van der Waals surface area contributed by atoms with Crippen LogP contribution in [0, 0.1) is 0 Å². The molecule has 0 spiro atoms. The molecule has 1 unspecified atom stereocenters. The third-order valence-electron chi connectivity index (χ3n) is 2.02. The highest BCUT2D eigenvalue weighted by atomic mass is 16.6. The maximum Gasteiger partial charge on any atom is 0.410 e. The van der Waals surface area contributed by atoms with E-state index >= 15 is 0 Å². The van der Waals surface area contributed by atoms with E-state index in [0.717, 1.165) is 0 Å². The highest BCUT2D eigenvalue weighted by Crippen LogP contribution is 2.17. The fourth-order valence-corrected chi connectivity index (χ4v) is 1.48. The van der Waals surface area contributed by atoms with Crippen LogP contribution in [-0.4, -0.2) is 41.4 Å². The largest absolute Gasteiger partial charge is 0.447 e. The zero-order valence-corrected chi connectivity index (χ0v) is 7.49. The summed E-state index contributed by atoms with van der Waals surface area (Å²) in [6.07, 6.45) is 0.340. The van der Waals surface area contributed by atoms with Gasteiger partial charge in [0.2, 0.25) is 0 Å². The van der Waals surface area contributed by atoms with E-state index in [-0.39, 0.29) is 24.8 Å². The molecule has 1 aliphatic rings. The second-order valence-corrected chi connectivity index (χ2v) is 3.24. The normalized spacial score (nSPS) is 23.5. The zero-order valence-electron chi connectivity index (χ0n) is 7.49. The summed E-state index contributed by atoms with van der Waals surface area (Å²) in [6, 6.07) is 0.207. The summed E-state index contributed by atoms with van der Waals surface area (Å²) in [5.74, 6) is 0. The average molecular weight is 173 g/mol. The molecule has 12 heavy (non-hydrogen) atoms. The van der Waals surface area contributed by atoms with Crippen molar-refractivity contribution in [1.29, 1.82) is 0 Å². The Balaban J connectivity index is 2.57. The molecule has 0 aromatic carbocycles. The summed E-state index contributed by atoms with van der Waals surface area (Å²) in [5.41, 5.74) is 0. The number of aliphatic hydroxyl groups is 1. The lowest BCUT2D eigenvalue weighted by Crippen LogP contribution is -2.39. The molecule has 0 aromatic heterocycles. The van der Waals surface area contributed by atoms with Gasteiger partial charge in [0.1, 0.15) is 6.61 Å². The SMILES string of the molecule is CC(C)N1C(=O)OCC1CCO. The van der Waals surface area contributed by atoms with E-state index < -0.39 is 0 Å². The fraction of sp³-hybridized carbons (Fsp3) is 0.875. The van der Waals surface area contributed by atoms with Crippen LogP contribution in [0.25, 0.3) is 0 Å². The smallest absolute Gasteiger partial charge is 0.410 e. The minimum Gasteiger partial charge on any atom is -0.447 e. The Kier molecular flexibility index (Phi) is 2.92. The summed E-state index contributed by atoms with van der Waals surface area (Å²) in [6.45, 7) is 4.40. The molecular weight excluding hydrogens is 158 g/mol. The summed E-state index contributed by atoms with van der Waals surface area (Å²) in [4.78, 5) is 12.8. The number of carbonyl (C=O) groups excluding carboxylic acids is 1. The first kappa shape index (κ1) is 9.32. The van der Waals surface area contributed by atoms with Crippen LogP contribution in [0.15, 0.2) is 0 Å². The topological polar surface area (TPSA) is 49.8 Å². The Bertz CT molecular complexity index is 170. The van der Waals surface area contributed by atoms with Crippen molar-refractivity contribution in [1.82, 2.24) is 4.90 Å². The van der Waals surface area contributed by atoms with Crippen LogP contribution in [-0.2, 0) is 4.74 Å². The van der Waals surface area contributed by atoms with E-state index in [9.17, 15) is 4.79 Å². The number of ether oxygens (including phenoxy) is 1. The van der Waals surface area contributed by atoms with Gasteiger partial charge in [-0.3, -0.25) is 4.90 Å². The highest BCUT2D eigenvalue weighted by Gasteiger charge is 2.33. The van der Waals surface area contributed by atoms with Crippen molar-refractivity contribution in [3.8, 4) is 0 Å². The molecule has 0 bridgehead atoms. The van der Waals surface area contributed by atoms with Crippen LogP contribution >= 0.6 is 0 Å². The van der Waals surface area contributed by atoms with Gasteiger partial charge in [0.15, 0.2) is 0 Å². The van der Waals surface area contributed by atoms with Crippen LogP contribution in [0.5, 0.6) is 0 Å². The Hall–Kier alpha value is -0.770. The lowest BCUT2D eigenvalue weighted by molar-refractivity contribution is 0.147. The quantitative estimate of drug-likeness (QED) is 0.679. The predicted octanol–water partition coefficient (Wildman–Crippen LogP) is 0.598. The van der Waals surface area contributed by atoms with E-state index in [1.54, 1.807) is 4.90 Å². The fourth-order valence-electron chi connectivity index (χ4n) is 1.48. The average Bonchev–Trinajstić information content (AvgIpc) is 2.32. The molecule has 0 aliphatic carbocycles. The van der Waals surface area contributed by atoms with Crippen LogP contribution in [0.3, 0.4) is 0 Å². The molecular formula is C8H15NO3. The first-order valence-corrected chi connectivity index (χ1v) is 4.22. The lowest BCUT2D eigenvalue weighted by Gasteiger charge is -2.24. The number of hydrogen-bond donors (Lipinski definition) is 1. The molecule has 4 heteroatoms. The van der Waals surface area contributed by atoms with Crippen LogP contribution < -0.4 is 0 Å². The van der Waals surface area contributed by atoms with Gasteiger partial charge in [-0.05, 0) is 20.3 Å². The van der Waals surface area contributed by atoms with Crippen molar-refractivity contribution in [2.75, 3.05) is 13.2 Å². The van der Waals surface area contributed by atoms with Gasteiger partial charge in [0.25, 0.3) is 0 Å². The number of amides is 1. The first-order valence-electron chi connectivity index (χ1n) is 4.22. The van der Waals surface area contributed by atoms with Gasteiger partial charge in [0, 0.05) is 12.6 Å². The van der Waals surface area contributed by atoms with Gasteiger partial charge < -0.3 is 9.84 Å². The third-order valence-corrected chi connectivity index (χ3v) is 2.02. The van der Waals surface area contributed by atoms with Gasteiger partial charge in [-0.15, -0.1) is 0 Å². The number of hydrogen-bond acceptors (Lipinski definition) is 3. The second-order valence-electron chi connectivity index (χ2n) is 3.24. The van der Waals surface area contributed by atoms with Crippen molar-refractivity contribution >= 4 is 6.09 Å². The number of aliphatic hydroxyl groups excluding tert-OH is 1. The highest BCUT2D eigenvalue weighted by molar-refractivity contribution is 5.70. The summed E-state index contributed by atoms with van der Waals surface area (Å²) in [5, 5.41) is 8.72. The van der Waals surface area contributed by atoms with Gasteiger partial charge in [0.05, 0.1) is 6.04 Å². The lowest BCUT2D eigenvalue weighted by atomic mass is 10.2. The third kappa shape index (κ3) is 1.69. The molecule has 1 heterocycles. The van der Waals surface area contributed by atoms with Crippen molar-refractivity contribution < 1.29 is 14.6 Å². The van der Waals surface area contributed by atoms with E-state index in [1.807, 2.05) is 13.8 Å². The predicted molar refractivity (Wildman–Crippen MR) is 43.8 cm³/mol. The standard InChI is InChI=1S/C8H15NO3/c1-6(2)9-7(3-4-10)5-12-8(9)11/h6-7,10H,3-5H2,1-2H3. The molecule has 1 rings (SSSR count). The molecule has 1 N–H and O–H groups in total. The minimum absolute atomic E-state index is 0.0579. The van der Waals surface area contributed by atoms with E-state index in [1.165, 1.54) is 0 Å². The van der Waals surface area contributed by atoms with Crippen LogP contribution in [0.1, 0.15) is 20.3 Å². The van der Waals surface area contributed by atoms with Crippen LogP contribution in [0.2, 0.25) is 0 Å². The van der Waals surface area contributed by atoms with Crippen LogP contribution in [0.4, 0.5) is 4.79 Å². The van der Waals surface area contributed by atoms with Crippen molar-refractivity contribution in [2.24, 2.45) is 0 Å². The van der Waals surface area contributed by atoms with E-state index in [2.05, 4.69) is 0 Å². The Labute approximate surface area is 72.1 Å². The van der Waals surface area contributed by atoms with Gasteiger partial charge in [-0.2, -0.15) is 0 Å². The molecule has 1 amide bonds. The second kappa shape index (κ2) is 3.76. The van der Waals surface area contributed by atoms with Gasteiger partial charge >= 0.3 is 6.09 Å².